The maximum Gasteiger partial charge on any atom is 0.194 e. The topological polar surface area (TPSA) is 73.1 Å². The summed E-state index contributed by atoms with van der Waals surface area (Å²) in [6.45, 7) is 8.19. The van der Waals surface area contributed by atoms with Gasteiger partial charge in [-0.2, -0.15) is 5.10 Å². The molecule has 0 aliphatic carbocycles. The number of methoxy groups -OCH3 is 1. The molecule has 30 heavy (non-hydrogen) atoms. The van der Waals surface area contributed by atoms with Gasteiger partial charge < -0.3 is 24.4 Å². The summed E-state index contributed by atoms with van der Waals surface area (Å²) in [5.74, 6) is 2.37. The summed E-state index contributed by atoms with van der Waals surface area (Å²) in [6, 6.07) is 5.94. The second-order valence-electron chi connectivity index (χ2n) is 6.84. The van der Waals surface area contributed by atoms with Crippen LogP contribution in [0.5, 0.6) is 11.5 Å². The zero-order chi connectivity index (χ0) is 20.6. The van der Waals surface area contributed by atoms with Gasteiger partial charge in [0.25, 0.3) is 0 Å². The van der Waals surface area contributed by atoms with Crippen LogP contribution in [0.3, 0.4) is 0 Å². The number of hydrogen-bond donors (Lipinski definition) is 1. The number of hydrogen-bond acceptors (Lipinski definition) is 5. The van der Waals surface area contributed by atoms with Gasteiger partial charge in [0.2, 0.25) is 0 Å². The van der Waals surface area contributed by atoms with Crippen LogP contribution in [0.15, 0.2) is 35.6 Å². The van der Waals surface area contributed by atoms with Gasteiger partial charge in [-0.3, -0.25) is 4.68 Å². The van der Waals surface area contributed by atoms with Crippen LogP contribution in [0.2, 0.25) is 0 Å². The van der Waals surface area contributed by atoms with Crippen LogP contribution in [-0.2, 0) is 18.3 Å². The summed E-state index contributed by atoms with van der Waals surface area (Å²) >= 11 is 0. The van der Waals surface area contributed by atoms with E-state index in [1.807, 2.05) is 44.6 Å². The molecule has 0 saturated carbocycles. The Morgan fingerprint density at radius 2 is 2.17 bits per heavy atom. The number of aromatic nitrogens is 2. The molecule has 1 saturated heterocycles. The van der Waals surface area contributed by atoms with Gasteiger partial charge >= 0.3 is 0 Å². The van der Waals surface area contributed by atoms with E-state index in [0.717, 1.165) is 48.2 Å². The number of guanidine groups is 1. The molecule has 0 amide bonds. The first-order valence-corrected chi connectivity index (χ1v) is 10.1. The number of nitrogens with one attached hydrogen (secondary N) is 1. The van der Waals surface area contributed by atoms with Crippen molar-refractivity contribution in [2.24, 2.45) is 12.0 Å². The second kappa shape index (κ2) is 12.0. The predicted molar refractivity (Wildman–Crippen MR) is 128 cm³/mol. The van der Waals surface area contributed by atoms with Crippen molar-refractivity contribution in [2.45, 2.75) is 26.5 Å². The molecule has 9 heteroatoms. The third kappa shape index (κ3) is 6.24. The van der Waals surface area contributed by atoms with E-state index >= 15 is 0 Å². The predicted octanol–water partition coefficient (Wildman–Crippen LogP) is 2.98. The van der Waals surface area contributed by atoms with Crippen LogP contribution < -0.4 is 14.8 Å². The van der Waals surface area contributed by atoms with Crippen LogP contribution >= 0.6 is 24.0 Å². The normalized spacial score (nSPS) is 16.7. The zero-order valence-electron chi connectivity index (χ0n) is 18.1. The molecule has 0 radical (unpaired) electrons. The Bertz CT molecular complexity index is 827. The molecule has 2 aromatic rings. The average Bonchev–Trinajstić information content (AvgIpc) is 3.18. The third-order valence-electron chi connectivity index (χ3n) is 4.74. The van der Waals surface area contributed by atoms with Crippen molar-refractivity contribution in [3.05, 3.63) is 41.7 Å². The Hall–Kier alpha value is -2.01. The first-order valence-electron chi connectivity index (χ1n) is 10.1. The SMILES string of the molecule is CCNC(=NCc1ccc(OC)c(OCC)c1)N1CCOC(c2cnn(C)c2)C1.I. The lowest BCUT2D eigenvalue weighted by Gasteiger charge is -2.34. The molecule has 1 fully saturated rings. The first kappa shape index (κ1) is 24.3. The third-order valence-corrected chi connectivity index (χ3v) is 4.74. The van der Waals surface area contributed by atoms with Gasteiger partial charge in [-0.05, 0) is 31.5 Å². The molecule has 1 aromatic heterocycles. The number of ether oxygens (including phenoxy) is 3. The van der Waals surface area contributed by atoms with Gasteiger partial charge in [-0.1, -0.05) is 6.07 Å². The smallest absolute Gasteiger partial charge is 0.194 e. The molecule has 1 atom stereocenters. The van der Waals surface area contributed by atoms with E-state index in [9.17, 15) is 0 Å². The monoisotopic (exact) mass is 529 g/mol. The van der Waals surface area contributed by atoms with Crippen LogP contribution in [-0.4, -0.2) is 60.6 Å². The fourth-order valence-corrected chi connectivity index (χ4v) is 3.33. The molecule has 1 aliphatic heterocycles. The van der Waals surface area contributed by atoms with Crippen molar-refractivity contribution in [1.82, 2.24) is 20.0 Å². The number of nitrogens with zero attached hydrogens (tertiary/aromatic N) is 4. The van der Waals surface area contributed by atoms with Gasteiger partial charge in [-0.25, -0.2) is 4.99 Å². The highest BCUT2D eigenvalue weighted by atomic mass is 127. The molecule has 8 nitrogen and oxygen atoms in total. The van der Waals surface area contributed by atoms with Crippen molar-refractivity contribution in [2.75, 3.05) is 40.0 Å². The Morgan fingerprint density at radius 3 is 2.83 bits per heavy atom. The highest BCUT2D eigenvalue weighted by Crippen LogP contribution is 2.28. The number of aliphatic imine (C=N–C) groups is 1. The van der Waals surface area contributed by atoms with Gasteiger partial charge in [0.05, 0.1) is 39.6 Å². The van der Waals surface area contributed by atoms with Crippen molar-refractivity contribution in [3.63, 3.8) is 0 Å². The number of rotatable bonds is 7. The minimum absolute atomic E-state index is 0. The van der Waals surface area contributed by atoms with Crippen molar-refractivity contribution in [1.29, 1.82) is 0 Å². The van der Waals surface area contributed by atoms with E-state index in [4.69, 9.17) is 19.2 Å². The fraction of sp³-hybridized carbons (Fsp3) is 0.524. The standard InChI is InChI=1S/C21H31N5O3.HI/c1-5-22-21(23-12-16-7-8-18(27-4)19(11-16)28-6-2)26-9-10-29-20(15-26)17-13-24-25(3)14-17;/h7-8,11,13-14,20H,5-6,9-10,12,15H2,1-4H3,(H,22,23);1H. The maximum absolute atomic E-state index is 5.96. The molecule has 2 heterocycles. The number of benzene rings is 1. The van der Waals surface area contributed by atoms with Gasteiger partial charge in [0, 0.05) is 31.9 Å². The highest BCUT2D eigenvalue weighted by molar-refractivity contribution is 14.0. The van der Waals surface area contributed by atoms with Crippen molar-refractivity contribution < 1.29 is 14.2 Å². The minimum Gasteiger partial charge on any atom is -0.493 e. The number of halogens is 1. The lowest BCUT2D eigenvalue weighted by molar-refractivity contribution is -0.00805. The Balaban J connectivity index is 0.00000320. The van der Waals surface area contributed by atoms with Gasteiger partial charge in [-0.15, -0.1) is 24.0 Å². The summed E-state index contributed by atoms with van der Waals surface area (Å²) in [5, 5.41) is 7.67. The molecule has 0 bridgehead atoms. The molecular formula is C21H32IN5O3. The van der Waals surface area contributed by atoms with Crippen LogP contribution in [0.25, 0.3) is 0 Å². The second-order valence-corrected chi connectivity index (χ2v) is 6.84. The Kier molecular flexibility index (Phi) is 9.70. The van der Waals surface area contributed by atoms with Crippen LogP contribution in [0.4, 0.5) is 0 Å². The van der Waals surface area contributed by atoms with E-state index < -0.39 is 0 Å². The van der Waals surface area contributed by atoms with Crippen molar-refractivity contribution in [3.8, 4) is 11.5 Å². The van der Waals surface area contributed by atoms with Gasteiger partial charge in [0.1, 0.15) is 6.10 Å². The van der Waals surface area contributed by atoms with Crippen molar-refractivity contribution >= 4 is 29.9 Å². The molecule has 0 spiro atoms. The lowest BCUT2D eigenvalue weighted by atomic mass is 10.1. The first-order chi connectivity index (χ1) is 14.1. The Labute approximate surface area is 195 Å². The molecule has 1 unspecified atom stereocenters. The lowest BCUT2D eigenvalue weighted by Crippen LogP contribution is -2.48. The van der Waals surface area contributed by atoms with E-state index in [0.29, 0.717) is 19.8 Å². The average molecular weight is 529 g/mol. The quantitative estimate of drug-likeness (QED) is 0.338. The van der Waals surface area contributed by atoms with E-state index in [2.05, 4.69) is 22.2 Å². The van der Waals surface area contributed by atoms with E-state index in [1.54, 1.807) is 11.8 Å². The minimum atomic E-state index is -0.00755. The summed E-state index contributed by atoms with van der Waals surface area (Å²) in [4.78, 5) is 7.10. The number of morpholine rings is 1. The van der Waals surface area contributed by atoms with E-state index in [1.165, 1.54) is 0 Å². The Morgan fingerprint density at radius 1 is 1.33 bits per heavy atom. The van der Waals surface area contributed by atoms with Crippen LogP contribution in [0, 0.1) is 0 Å². The number of aryl methyl sites for hydroxylation is 1. The molecule has 166 valence electrons. The summed E-state index contributed by atoms with van der Waals surface area (Å²) in [7, 11) is 3.57. The van der Waals surface area contributed by atoms with Gasteiger partial charge in [0.15, 0.2) is 17.5 Å². The molecule has 1 N–H and O–H groups in total. The maximum atomic E-state index is 5.96. The summed E-state index contributed by atoms with van der Waals surface area (Å²) < 4.78 is 18.8. The highest BCUT2D eigenvalue weighted by Gasteiger charge is 2.25. The molecule has 1 aliphatic rings. The van der Waals surface area contributed by atoms with E-state index in [-0.39, 0.29) is 30.1 Å². The molecule has 1 aromatic carbocycles. The summed E-state index contributed by atoms with van der Waals surface area (Å²) in [5.41, 5.74) is 2.16. The fourth-order valence-electron chi connectivity index (χ4n) is 3.33. The summed E-state index contributed by atoms with van der Waals surface area (Å²) in [6.07, 6.45) is 3.86. The largest absolute Gasteiger partial charge is 0.493 e. The zero-order valence-corrected chi connectivity index (χ0v) is 20.5. The van der Waals surface area contributed by atoms with Crippen LogP contribution in [0.1, 0.15) is 31.1 Å². The molecular weight excluding hydrogens is 497 g/mol. The molecule has 3 rings (SSSR count).